The molecule has 0 saturated carbocycles. The van der Waals surface area contributed by atoms with E-state index in [1.54, 1.807) is 18.4 Å². The van der Waals surface area contributed by atoms with Gasteiger partial charge in [-0.3, -0.25) is 0 Å². The largest absolute Gasteiger partial charge is 0.383 e. The molecule has 1 N–H and O–H groups in total. The van der Waals surface area contributed by atoms with E-state index in [-0.39, 0.29) is 0 Å². The fourth-order valence-corrected chi connectivity index (χ4v) is 1.85. The third kappa shape index (κ3) is 3.23. The lowest BCUT2D eigenvalue weighted by atomic mass is 10.2. The minimum Gasteiger partial charge on any atom is -0.383 e. The Hall–Kier alpha value is -0.680. The number of nitrogens with zero attached hydrogens (tertiary/aromatic N) is 2. The van der Waals surface area contributed by atoms with Gasteiger partial charge in [0.2, 0.25) is 5.13 Å². The zero-order chi connectivity index (χ0) is 10.4. The molecule has 0 aliphatic heterocycles. The third-order valence-corrected chi connectivity index (χ3v) is 2.96. The Morgan fingerprint density at radius 1 is 1.43 bits per heavy atom. The van der Waals surface area contributed by atoms with E-state index >= 15 is 0 Å². The maximum absolute atomic E-state index is 5.09. The average Bonchev–Trinajstić information content (AvgIpc) is 2.65. The van der Waals surface area contributed by atoms with Crippen molar-refractivity contribution in [3.05, 3.63) is 5.01 Å². The van der Waals surface area contributed by atoms with Crippen molar-refractivity contribution >= 4 is 16.5 Å². The molecule has 80 valence electrons. The van der Waals surface area contributed by atoms with Crippen molar-refractivity contribution in [3.63, 3.8) is 0 Å². The Labute approximate surface area is 88.7 Å². The van der Waals surface area contributed by atoms with E-state index in [1.807, 2.05) is 0 Å². The van der Waals surface area contributed by atoms with Gasteiger partial charge in [0.15, 0.2) is 0 Å². The number of nitrogens with one attached hydrogen (secondary N) is 1. The molecule has 0 bridgehead atoms. The summed E-state index contributed by atoms with van der Waals surface area (Å²) in [6.07, 6.45) is 1.97. The van der Waals surface area contributed by atoms with Gasteiger partial charge >= 0.3 is 0 Å². The summed E-state index contributed by atoms with van der Waals surface area (Å²) in [6.45, 7) is 4.91. The molecule has 1 aromatic rings. The molecule has 0 aromatic carbocycles. The summed E-state index contributed by atoms with van der Waals surface area (Å²) >= 11 is 1.61. The van der Waals surface area contributed by atoms with E-state index < -0.39 is 0 Å². The van der Waals surface area contributed by atoms with E-state index in [0.29, 0.717) is 12.6 Å². The number of anilines is 1. The average molecular weight is 215 g/mol. The van der Waals surface area contributed by atoms with Gasteiger partial charge in [0, 0.05) is 7.11 Å². The van der Waals surface area contributed by atoms with Crippen LogP contribution in [0.4, 0.5) is 5.13 Å². The van der Waals surface area contributed by atoms with Crippen LogP contribution in [-0.4, -0.2) is 30.0 Å². The molecule has 0 amide bonds. The minimum atomic E-state index is 0.331. The van der Waals surface area contributed by atoms with E-state index in [2.05, 4.69) is 29.4 Å². The first kappa shape index (κ1) is 11.4. The van der Waals surface area contributed by atoms with Crippen LogP contribution in [0.25, 0.3) is 0 Å². The van der Waals surface area contributed by atoms with Crippen LogP contribution in [0, 0.1) is 0 Å². The van der Waals surface area contributed by atoms with E-state index in [9.17, 15) is 0 Å². The number of hydrogen-bond acceptors (Lipinski definition) is 5. The molecule has 0 aliphatic rings. The topological polar surface area (TPSA) is 47.0 Å². The highest BCUT2D eigenvalue weighted by Gasteiger charge is 2.08. The zero-order valence-corrected chi connectivity index (χ0v) is 9.73. The van der Waals surface area contributed by atoms with Gasteiger partial charge in [0.05, 0.1) is 12.6 Å². The van der Waals surface area contributed by atoms with Crippen LogP contribution in [0.1, 0.15) is 25.3 Å². The normalized spacial score (nSPS) is 12.8. The molecule has 1 heterocycles. The van der Waals surface area contributed by atoms with Gasteiger partial charge in [-0.25, -0.2) is 0 Å². The quantitative estimate of drug-likeness (QED) is 0.787. The molecule has 1 unspecified atom stereocenters. The van der Waals surface area contributed by atoms with Crippen LogP contribution in [0.3, 0.4) is 0 Å². The summed E-state index contributed by atoms with van der Waals surface area (Å²) in [5.74, 6) is 0. The Kier molecular flexibility index (Phi) is 4.82. The fourth-order valence-electron chi connectivity index (χ4n) is 1.09. The van der Waals surface area contributed by atoms with Crippen molar-refractivity contribution in [1.82, 2.24) is 10.2 Å². The summed E-state index contributed by atoms with van der Waals surface area (Å²) < 4.78 is 5.09. The SMILES string of the molecule is CCc1nnc(NC(CC)COC)s1. The second-order valence-electron chi connectivity index (χ2n) is 3.06. The van der Waals surface area contributed by atoms with Crippen LogP contribution in [0.5, 0.6) is 0 Å². The van der Waals surface area contributed by atoms with Crippen molar-refractivity contribution in [1.29, 1.82) is 0 Å². The monoisotopic (exact) mass is 215 g/mol. The van der Waals surface area contributed by atoms with Crippen LogP contribution in [0.15, 0.2) is 0 Å². The Morgan fingerprint density at radius 2 is 2.21 bits per heavy atom. The lowest BCUT2D eigenvalue weighted by molar-refractivity contribution is 0.184. The van der Waals surface area contributed by atoms with Crippen LogP contribution in [0.2, 0.25) is 0 Å². The summed E-state index contributed by atoms with van der Waals surface area (Å²) in [5, 5.41) is 13.4. The number of rotatable bonds is 6. The number of aryl methyl sites for hydroxylation is 1. The lowest BCUT2D eigenvalue weighted by Gasteiger charge is -2.13. The Morgan fingerprint density at radius 3 is 2.71 bits per heavy atom. The molecule has 0 aliphatic carbocycles. The first-order valence-corrected chi connectivity index (χ1v) is 5.69. The first-order chi connectivity index (χ1) is 6.80. The molecule has 0 saturated heterocycles. The highest BCUT2D eigenvalue weighted by Crippen LogP contribution is 2.16. The minimum absolute atomic E-state index is 0.331. The number of hydrogen-bond donors (Lipinski definition) is 1. The van der Waals surface area contributed by atoms with E-state index in [4.69, 9.17) is 4.74 Å². The van der Waals surface area contributed by atoms with Gasteiger partial charge in [-0.05, 0) is 12.8 Å². The Balaban J connectivity index is 2.48. The van der Waals surface area contributed by atoms with Gasteiger partial charge in [-0.1, -0.05) is 25.2 Å². The smallest absolute Gasteiger partial charge is 0.205 e. The van der Waals surface area contributed by atoms with E-state index in [0.717, 1.165) is 23.0 Å². The second kappa shape index (κ2) is 5.93. The third-order valence-electron chi connectivity index (χ3n) is 1.96. The molecular weight excluding hydrogens is 198 g/mol. The molecule has 1 rings (SSSR count). The molecule has 4 nitrogen and oxygen atoms in total. The predicted octanol–water partition coefficient (Wildman–Crippen LogP) is 1.94. The van der Waals surface area contributed by atoms with Gasteiger partial charge in [-0.15, -0.1) is 10.2 Å². The molecule has 0 radical (unpaired) electrons. The lowest BCUT2D eigenvalue weighted by Crippen LogP contribution is -2.23. The van der Waals surface area contributed by atoms with Gasteiger partial charge < -0.3 is 10.1 Å². The predicted molar refractivity (Wildman–Crippen MR) is 58.9 cm³/mol. The van der Waals surface area contributed by atoms with Crippen molar-refractivity contribution in [2.24, 2.45) is 0 Å². The van der Waals surface area contributed by atoms with Crippen LogP contribution >= 0.6 is 11.3 Å². The summed E-state index contributed by atoms with van der Waals surface area (Å²) in [7, 11) is 1.71. The zero-order valence-electron chi connectivity index (χ0n) is 8.91. The summed E-state index contributed by atoms with van der Waals surface area (Å²) in [5.41, 5.74) is 0. The molecule has 5 heteroatoms. The summed E-state index contributed by atoms with van der Waals surface area (Å²) in [6, 6.07) is 0.331. The molecule has 0 fully saturated rings. The number of methoxy groups -OCH3 is 1. The maximum atomic E-state index is 5.09. The van der Waals surface area contributed by atoms with Crippen molar-refractivity contribution in [3.8, 4) is 0 Å². The Bertz CT molecular complexity index is 264. The number of ether oxygens (including phenoxy) is 1. The molecular formula is C9H17N3OS. The van der Waals surface area contributed by atoms with Gasteiger partial charge in [-0.2, -0.15) is 0 Å². The number of aromatic nitrogens is 2. The van der Waals surface area contributed by atoms with Gasteiger partial charge in [0.1, 0.15) is 5.01 Å². The van der Waals surface area contributed by atoms with Crippen molar-refractivity contribution in [2.45, 2.75) is 32.7 Å². The highest BCUT2D eigenvalue weighted by molar-refractivity contribution is 7.15. The molecule has 0 spiro atoms. The molecule has 1 atom stereocenters. The van der Waals surface area contributed by atoms with Crippen molar-refractivity contribution < 1.29 is 4.74 Å². The first-order valence-electron chi connectivity index (χ1n) is 4.88. The maximum Gasteiger partial charge on any atom is 0.205 e. The molecule has 14 heavy (non-hydrogen) atoms. The van der Waals surface area contributed by atoms with Crippen LogP contribution in [-0.2, 0) is 11.2 Å². The summed E-state index contributed by atoms with van der Waals surface area (Å²) in [4.78, 5) is 0. The van der Waals surface area contributed by atoms with E-state index in [1.165, 1.54) is 0 Å². The van der Waals surface area contributed by atoms with Gasteiger partial charge in [0.25, 0.3) is 0 Å². The second-order valence-corrected chi connectivity index (χ2v) is 4.12. The standard InChI is InChI=1S/C9H17N3OS/c1-4-7(6-13-3)10-9-12-11-8(5-2)14-9/h7H,4-6H2,1-3H3,(H,10,12). The van der Waals surface area contributed by atoms with Crippen LogP contribution < -0.4 is 5.32 Å². The van der Waals surface area contributed by atoms with Crippen molar-refractivity contribution in [2.75, 3.05) is 19.0 Å². The molecule has 1 aromatic heterocycles. The highest BCUT2D eigenvalue weighted by atomic mass is 32.1. The fraction of sp³-hybridized carbons (Fsp3) is 0.778.